The lowest BCUT2D eigenvalue weighted by molar-refractivity contribution is -0.160. The monoisotopic (exact) mass is 1220 g/mol. The van der Waals surface area contributed by atoms with Gasteiger partial charge in [0, 0.05) is 19.1 Å². The highest BCUT2D eigenvalue weighted by Crippen LogP contribution is 2.15. The van der Waals surface area contributed by atoms with E-state index < -0.39 is 94.5 Å². The minimum absolute atomic E-state index is 0. The molecule has 0 radical (unpaired) electrons. The maximum Gasteiger partial charge on any atom is 0.422 e. The molecular weight excluding hydrogens is 1140 g/mol. The van der Waals surface area contributed by atoms with Gasteiger partial charge in [0.15, 0.2) is 0 Å². The number of carbonyl (C=O) groups excluding carboxylic acids is 7. The number of aliphatic hydroxyl groups excluding tert-OH is 1. The lowest BCUT2D eigenvalue weighted by atomic mass is 10.1. The molecule has 458 valence electrons. The molecule has 0 heterocycles. The fourth-order valence-electron chi connectivity index (χ4n) is 5.06. The maximum absolute atomic E-state index is 12.5. The molecule has 0 spiro atoms. The number of hydrogen-bond donors (Lipinski definition) is 5. The molecular formula is C53H82ClN5O19S3. The zero-order chi connectivity index (χ0) is 62.2. The van der Waals surface area contributed by atoms with E-state index in [1.165, 1.54) is 6.26 Å². The van der Waals surface area contributed by atoms with Crippen LogP contribution >= 0.6 is 12.4 Å². The lowest BCUT2D eigenvalue weighted by Gasteiger charge is -2.25. The van der Waals surface area contributed by atoms with Crippen molar-refractivity contribution in [3.05, 3.63) is 108 Å². The Morgan fingerprint density at radius 2 is 0.926 bits per heavy atom. The number of halogens is 1. The van der Waals surface area contributed by atoms with Crippen LogP contribution in [0.1, 0.15) is 125 Å². The molecule has 1 unspecified atom stereocenters. The Bertz CT molecular complexity index is 2780. The minimum atomic E-state index is -4.50. The second-order valence-electron chi connectivity index (χ2n) is 21.0. The third kappa shape index (κ3) is 50.3. The van der Waals surface area contributed by atoms with Crippen LogP contribution in [0.25, 0.3) is 0 Å². The van der Waals surface area contributed by atoms with Crippen molar-refractivity contribution < 1.29 is 88.1 Å². The fourth-order valence-corrected chi connectivity index (χ4v) is 6.50. The summed E-state index contributed by atoms with van der Waals surface area (Å²) in [7, 11) is -10.5. The molecule has 0 aromatic heterocycles. The third-order valence-corrected chi connectivity index (χ3v) is 10.0. The van der Waals surface area contributed by atoms with E-state index in [1.54, 1.807) is 147 Å². The van der Waals surface area contributed by atoms with E-state index in [1.807, 2.05) is 41.1 Å². The van der Waals surface area contributed by atoms with Crippen molar-refractivity contribution in [1.82, 2.24) is 14.2 Å². The van der Waals surface area contributed by atoms with Crippen molar-refractivity contribution >= 4 is 90.4 Å². The predicted octanol–water partition coefficient (Wildman–Crippen LogP) is 6.41. The van der Waals surface area contributed by atoms with E-state index in [0.717, 1.165) is 23.5 Å². The molecule has 24 nitrogen and oxygen atoms in total. The molecule has 3 aromatic rings. The van der Waals surface area contributed by atoms with Crippen LogP contribution in [0, 0.1) is 0 Å². The van der Waals surface area contributed by atoms with E-state index in [2.05, 4.69) is 15.0 Å². The number of ether oxygens (including phenoxy) is 6. The number of nitrogens with one attached hydrogen (secondary N) is 3. The Morgan fingerprint density at radius 3 is 1.23 bits per heavy atom. The van der Waals surface area contributed by atoms with Crippen molar-refractivity contribution in [2.75, 3.05) is 12.5 Å². The highest BCUT2D eigenvalue weighted by molar-refractivity contribution is 7.98. The summed E-state index contributed by atoms with van der Waals surface area (Å²) >= 11 is 0. The van der Waals surface area contributed by atoms with Gasteiger partial charge >= 0.3 is 46.3 Å². The predicted molar refractivity (Wildman–Crippen MR) is 309 cm³/mol. The number of esters is 4. The van der Waals surface area contributed by atoms with Crippen LogP contribution in [0.2, 0.25) is 0 Å². The number of rotatable bonds is 18. The van der Waals surface area contributed by atoms with Gasteiger partial charge in [-0.1, -0.05) is 91.0 Å². The molecule has 0 fully saturated rings. The number of sulfonamides is 1. The van der Waals surface area contributed by atoms with Crippen LogP contribution in [0.4, 0.5) is 9.59 Å². The zero-order valence-corrected chi connectivity index (χ0v) is 51.7. The Kier molecular flexibility index (Phi) is 36.5. The number of carbonyl (C=O) groups is 6. The molecule has 0 saturated heterocycles. The smallest absolute Gasteiger partial charge is 0.422 e. The van der Waals surface area contributed by atoms with E-state index >= 15 is 0 Å². The number of nitrogens with two attached hydrogens (primary N) is 1. The molecule has 0 aliphatic rings. The molecule has 0 aliphatic heterocycles. The Balaban J connectivity index is -0.00000105. The molecule has 0 saturated carbocycles. The van der Waals surface area contributed by atoms with E-state index in [9.17, 15) is 54.6 Å². The Labute approximate surface area is 483 Å². The largest absolute Gasteiger partial charge is 0.460 e. The standard InChI is InChI=1S/C21H32N2O8S.C13H25NO4.C9H11NO4S.C7H8O.C3H5NO2S.ClH/c1-20(2,3)30-17(24)13-12-16(18(25)31-21(4,5)6)22-32(27,28)23-19(26)29-14-15-10-8-7-9-11-15;1-12(2,3)17-10(15)8-7-9(14)11(16)18-13(4,5)6;1-15(12,13)10-9(11)14-7-8-5-3-2-4-6-8;8-6-7-4-2-1-3-5-7;1-7(2,6)4-3-5;/h7-11,16,22H,12-14H2,1-6H3,(H,23,26);9H,7-8,14H2,1-6H3;2-6H,7H2,1H3,(H,10,11);1-5,8H,6H2;1H2,2H3;1H/t16-;9-;;;;/m00..../s1. The molecule has 81 heavy (non-hydrogen) atoms. The number of amides is 2. The van der Waals surface area contributed by atoms with Crippen LogP contribution in [-0.4, -0.2) is 121 Å². The van der Waals surface area contributed by atoms with E-state index in [4.69, 9.17) is 34.5 Å². The molecule has 3 aromatic carbocycles. The SMILES string of the molecule is C=S(C)(=O)N=C=O.CC(C)(C)OC(=O)CC[C@H](N)C(=O)OC(C)(C)C.CC(C)(C)OC(=O)CC[C@H](NS(=O)(=O)NC(=O)OCc1ccccc1)C(=O)OC(C)(C)C.CS(=O)(=O)NC(=O)OCc1ccccc1.Cl.OCc1ccccc1. The van der Waals surface area contributed by atoms with Crippen molar-refractivity contribution in [2.45, 2.75) is 163 Å². The fraction of sp³-hybridized carbons (Fsp3) is 0.509. The van der Waals surface area contributed by atoms with Gasteiger partial charge in [-0.3, -0.25) is 19.2 Å². The zero-order valence-electron chi connectivity index (χ0n) is 48.4. The van der Waals surface area contributed by atoms with Gasteiger partial charge in [-0.15, -0.1) is 16.8 Å². The first-order chi connectivity index (χ1) is 36.4. The summed E-state index contributed by atoms with van der Waals surface area (Å²) in [6.07, 6.45) is 0.950. The van der Waals surface area contributed by atoms with Gasteiger partial charge < -0.3 is 39.3 Å². The normalized spacial score (nSPS) is 12.6. The number of isocyanates is 1. The molecule has 28 heteroatoms. The first-order valence-corrected chi connectivity index (χ1v) is 29.8. The van der Waals surface area contributed by atoms with Crippen LogP contribution in [0.3, 0.4) is 0 Å². The van der Waals surface area contributed by atoms with Crippen LogP contribution in [0.5, 0.6) is 0 Å². The summed E-state index contributed by atoms with van der Waals surface area (Å²) in [6, 6.07) is 24.9. The summed E-state index contributed by atoms with van der Waals surface area (Å²) in [5.41, 5.74) is 5.36. The second kappa shape index (κ2) is 37.5. The van der Waals surface area contributed by atoms with Crippen molar-refractivity contribution in [3.63, 3.8) is 0 Å². The minimum Gasteiger partial charge on any atom is -0.460 e. The summed E-state index contributed by atoms with van der Waals surface area (Å²) in [4.78, 5) is 79.6. The Morgan fingerprint density at radius 1 is 0.580 bits per heavy atom. The highest BCUT2D eigenvalue weighted by atomic mass is 35.5. The highest BCUT2D eigenvalue weighted by Gasteiger charge is 2.31. The summed E-state index contributed by atoms with van der Waals surface area (Å²) in [5.74, 6) is 0.695. The summed E-state index contributed by atoms with van der Waals surface area (Å²) < 4.78 is 94.7. The van der Waals surface area contributed by atoms with Crippen molar-refractivity contribution in [3.8, 4) is 0 Å². The number of hydrogen-bond acceptors (Lipinski definition) is 20. The van der Waals surface area contributed by atoms with Crippen molar-refractivity contribution in [2.24, 2.45) is 10.1 Å². The van der Waals surface area contributed by atoms with E-state index in [-0.39, 0.29) is 63.9 Å². The second-order valence-corrected chi connectivity index (χ2v) is 26.3. The van der Waals surface area contributed by atoms with Crippen LogP contribution in [-0.2, 0) is 102 Å². The maximum atomic E-state index is 12.5. The van der Waals surface area contributed by atoms with Gasteiger partial charge in [0.2, 0.25) is 16.1 Å². The van der Waals surface area contributed by atoms with E-state index in [0.29, 0.717) is 5.56 Å². The molecule has 3 atom stereocenters. The van der Waals surface area contributed by atoms with Crippen LogP contribution < -0.4 is 19.9 Å². The van der Waals surface area contributed by atoms with Gasteiger partial charge in [-0.05, 0) is 118 Å². The van der Waals surface area contributed by atoms with Gasteiger partial charge in [-0.25, -0.2) is 36.5 Å². The lowest BCUT2D eigenvalue weighted by Crippen LogP contribution is -2.50. The van der Waals surface area contributed by atoms with Gasteiger partial charge in [-0.2, -0.15) is 13.1 Å². The van der Waals surface area contributed by atoms with Crippen molar-refractivity contribution in [1.29, 1.82) is 0 Å². The Hall–Kier alpha value is -6.45. The summed E-state index contributed by atoms with van der Waals surface area (Å²) in [6.45, 7) is 20.6. The van der Waals surface area contributed by atoms with Crippen LogP contribution in [0.15, 0.2) is 95.4 Å². The average molecular weight is 1220 g/mol. The number of nitrogens with zero attached hydrogens (tertiary/aromatic N) is 1. The molecule has 0 bridgehead atoms. The number of benzene rings is 3. The molecule has 0 aliphatic carbocycles. The average Bonchev–Trinajstić information content (AvgIpc) is 3.29. The molecule has 6 N–H and O–H groups in total. The quantitative estimate of drug-likeness (QED) is 0.0302. The van der Waals surface area contributed by atoms with Gasteiger partial charge in [0.25, 0.3) is 0 Å². The topological polar surface area (TPSA) is 355 Å². The van der Waals surface area contributed by atoms with Gasteiger partial charge in [0.05, 0.1) is 22.6 Å². The number of aliphatic hydroxyl groups is 1. The summed E-state index contributed by atoms with van der Waals surface area (Å²) in [5, 5.41) is 8.54. The first kappa shape index (κ1) is 78.8. The molecule has 2 amide bonds. The van der Waals surface area contributed by atoms with Gasteiger partial charge in [0.1, 0.15) is 47.7 Å². The molecule has 3 rings (SSSR count). The third-order valence-electron chi connectivity index (χ3n) is 8.00. The first-order valence-electron chi connectivity index (χ1n) is 24.3.